The van der Waals surface area contributed by atoms with Gasteiger partial charge < -0.3 is 10.0 Å². The molecule has 0 aromatic rings. The van der Waals surface area contributed by atoms with Crippen LogP contribution in [0.1, 0.15) is 13.3 Å². The topological polar surface area (TPSA) is 40.5 Å². The molecule has 1 amide bonds. The minimum Gasteiger partial charge on any atom is -0.387 e. The van der Waals surface area contributed by atoms with E-state index in [1.165, 1.54) is 5.57 Å². The summed E-state index contributed by atoms with van der Waals surface area (Å²) in [6.45, 7) is 2.32. The monoisotopic (exact) mass is 141 g/mol. The van der Waals surface area contributed by atoms with Gasteiger partial charge in [0, 0.05) is 12.7 Å². The third-order valence-electron chi connectivity index (χ3n) is 1.58. The van der Waals surface area contributed by atoms with E-state index in [2.05, 4.69) is 0 Å². The molecule has 0 atom stereocenters. The van der Waals surface area contributed by atoms with Crippen LogP contribution in [-0.4, -0.2) is 29.1 Å². The Morgan fingerprint density at radius 1 is 1.90 bits per heavy atom. The number of rotatable bonds is 1. The number of carbonyl (C=O) groups excluding carboxylic acids is 1. The number of aliphatic hydroxyl groups is 1. The quantitative estimate of drug-likeness (QED) is 0.563. The molecule has 0 aromatic carbocycles. The first-order valence-corrected chi connectivity index (χ1v) is 3.31. The molecule has 0 fully saturated rings. The normalized spacial score (nSPS) is 17.4. The summed E-state index contributed by atoms with van der Waals surface area (Å²) in [5.74, 6) is -0.211. The maximum atomic E-state index is 10.8. The van der Waals surface area contributed by atoms with Crippen LogP contribution in [0.25, 0.3) is 0 Å². The van der Waals surface area contributed by atoms with Crippen molar-refractivity contribution in [3.63, 3.8) is 0 Å². The van der Waals surface area contributed by atoms with Crippen LogP contribution in [-0.2, 0) is 4.79 Å². The molecule has 0 radical (unpaired) electrons. The second kappa shape index (κ2) is 2.84. The highest BCUT2D eigenvalue weighted by Crippen LogP contribution is 2.12. The second-order valence-electron chi connectivity index (χ2n) is 2.47. The van der Waals surface area contributed by atoms with Crippen LogP contribution in [0.2, 0.25) is 0 Å². The summed E-state index contributed by atoms with van der Waals surface area (Å²) in [6, 6.07) is 0. The van der Waals surface area contributed by atoms with Gasteiger partial charge in [0.15, 0.2) is 0 Å². The van der Waals surface area contributed by atoms with Crippen molar-refractivity contribution in [2.75, 3.05) is 13.2 Å². The molecule has 1 N–H and O–H groups in total. The first kappa shape index (κ1) is 7.28. The lowest BCUT2D eigenvalue weighted by Gasteiger charge is -2.09. The van der Waals surface area contributed by atoms with Gasteiger partial charge in [-0.15, -0.1) is 0 Å². The molecular weight excluding hydrogens is 130 g/mol. The van der Waals surface area contributed by atoms with Gasteiger partial charge in [0.2, 0.25) is 0 Å². The fourth-order valence-corrected chi connectivity index (χ4v) is 0.979. The molecule has 0 saturated heterocycles. The van der Waals surface area contributed by atoms with Crippen molar-refractivity contribution in [2.45, 2.75) is 13.3 Å². The summed E-state index contributed by atoms with van der Waals surface area (Å²) in [4.78, 5) is 12.3. The highest BCUT2D eigenvalue weighted by atomic mass is 16.3. The summed E-state index contributed by atoms with van der Waals surface area (Å²) in [5, 5.41) is 8.46. The van der Waals surface area contributed by atoms with Gasteiger partial charge in [-0.3, -0.25) is 4.79 Å². The molecular formula is C7H11NO2. The molecule has 10 heavy (non-hydrogen) atoms. The summed E-state index contributed by atoms with van der Waals surface area (Å²) < 4.78 is 0. The molecule has 1 aliphatic rings. The van der Waals surface area contributed by atoms with Gasteiger partial charge in [-0.25, -0.2) is 0 Å². The van der Waals surface area contributed by atoms with E-state index >= 15 is 0 Å². The Kier molecular flexibility index (Phi) is 2.06. The van der Waals surface area contributed by atoms with Gasteiger partial charge in [-0.05, 0) is 13.3 Å². The molecule has 0 spiro atoms. The minimum atomic E-state index is -0.385. The molecule has 0 unspecified atom stereocenters. The zero-order chi connectivity index (χ0) is 7.56. The molecule has 3 heteroatoms. The molecule has 56 valence electrons. The Hall–Kier alpha value is -0.830. The van der Waals surface area contributed by atoms with Crippen LogP contribution in [0.5, 0.6) is 0 Å². The zero-order valence-electron chi connectivity index (χ0n) is 6.00. The standard InChI is InChI=1S/C7H11NO2/c1-6-2-3-8(4-6)7(10)5-9/h4,9H,2-3,5H2,1H3. The van der Waals surface area contributed by atoms with Crippen LogP contribution in [0.4, 0.5) is 0 Å². The summed E-state index contributed by atoms with van der Waals surface area (Å²) in [6.07, 6.45) is 2.73. The van der Waals surface area contributed by atoms with Gasteiger partial charge in [-0.2, -0.15) is 0 Å². The van der Waals surface area contributed by atoms with Gasteiger partial charge >= 0.3 is 0 Å². The lowest BCUT2D eigenvalue weighted by atomic mass is 10.3. The van der Waals surface area contributed by atoms with E-state index in [4.69, 9.17) is 5.11 Å². The van der Waals surface area contributed by atoms with Crippen LogP contribution in [0, 0.1) is 0 Å². The Labute approximate surface area is 59.9 Å². The summed E-state index contributed by atoms with van der Waals surface area (Å²) >= 11 is 0. The smallest absolute Gasteiger partial charge is 0.252 e. The molecule has 0 aliphatic carbocycles. The number of carbonyl (C=O) groups is 1. The van der Waals surface area contributed by atoms with Gasteiger partial charge in [-0.1, -0.05) is 5.57 Å². The second-order valence-corrected chi connectivity index (χ2v) is 2.47. The SMILES string of the molecule is CC1=CN(C(=O)CO)CC1. The average Bonchev–Trinajstić information content (AvgIpc) is 2.34. The Morgan fingerprint density at radius 3 is 3.00 bits per heavy atom. The van der Waals surface area contributed by atoms with Gasteiger partial charge in [0.1, 0.15) is 6.61 Å². The van der Waals surface area contributed by atoms with Crippen molar-refractivity contribution in [3.05, 3.63) is 11.8 Å². The lowest BCUT2D eigenvalue weighted by molar-refractivity contribution is -0.131. The number of aliphatic hydroxyl groups excluding tert-OH is 1. The number of amides is 1. The number of nitrogens with zero attached hydrogens (tertiary/aromatic N) is 1. The molecule has 0 bridgehead atoms. The fourth-order valence-electron chi connectivity index (χ4n) is 0.979. The lowest BCUT2D eigenvalue weighted by Crippen LogP contribution is -2.26. The van der Waals surface area contributed by atoms with Crippen LogP contribution >= 0.6 is 0 Å². The predicted molar refractivity (Wildman–Crippen MR) is 37.2 cm³/mol. The van der Waals surface area contributed by atoms with Crippen molar-refractivity contribution in [2.24, 2.45) is 0 Å². The number of hydrogen-bond donors (Lipinski definition) is 1. The highest BCUT2D eigenvalue weighted by molar-refractivity contribution is 5.78. The fraction of sp³-hybridized carbons (Fsp3) is 0.571. The minimum absolute atomic E-state index is 0.211. The van der Waals surface area contributed by atoms with Crippen molar-refractivity contribution < 1.29 is 9.90 Å². The van der Waals surface area contributed by atoms with Crippen molar-refractivity contribution in [3.8, 4) is 0 Å². The van der Waals surface area contributed by atoms with E-state index in [1.807, 2.05) is 6.92 Å². The van der Waals surface area contributed by atoms with E-state index in [-0.39, 0.29) is 12.5 Å². The van der Waals surface area contributed by atoms with Gasteiger partial charge in [0.25, 0.3) is 5.91 Å². The maximum absolute atomic E-state index is 10.8. The predicted octanol–water partition coefficient (Wildman–Crippen LogP) is 0.115. The van der Waals surface area contributed by atoms with E-state index in [0.717, 1.165) is 13.0 Å². The van der Waals surface area contributed by atoms with Gasteiger partial charge in [0.05, 0.1) is 0 Å². The van der Waals surface area contributed by atoms with E-state index in [1.54, 1.807) is 11.1 Å². The third-order valence-corrected chi connectivity index (χ3v) is 1.58. The molecule has 0 saturated carbocycles. The summed E-state index contributed by atoms with van der Waals surface area (Å²) in [5.41, 5.74) is 1.20. The van der Waals surface area contributed by atoms with Crippen LogP contribution in [0.15, 0.2) is 11.8 Å². The van der Waals surface area contributed by atoms with E-state index < -0.39 is 0 Å². The van der Waals surface area contributed by atoms with Crippen LogP contribution in [0.3, 0.4) is 0 Å². The maximum Gasteiger partial charge on any atom is 0.252 e. The van der Waals surface area contributed by atoms with Crippen LogP contribution < -0.4 is 0 Å². The van der Waals surface area contributed by atoms with Crippen molar-refractivity contribution in [1.82, 2.24) is 4.90 Å². The molecule has 3 nitrogen and oxygen atoms in total. The summed E-state index contributed by atoms with van der Waals surface area (Å²) in [7, 11) is 0. The average molecular weight is 141 g/mol. The Balaban J connectivity index is 2.52. The van der Waals surface area contributed by atoms with E-state index in [0.29, 0.717) is 0 Å². The number of hydrogen-bond acceptors (Lipinski definition) is 2. The molecule has 0 aromatic heterocycles. The first-order chi connectivity index (χ1) is 4.74. The highest BCUT2D eigenvalue weighted by Gasteiger charge is 2.14. The molecule has 1 aliphatic heterocycles. The van der Waals surface area contributed by atoms with E-state index in [9.17, 15) is 4.79 Å². The Bertz CT molecular complexity index is 174. The van der Waals surface area contributed by atoms with Crippen molar-refractivity contribution >= 4 is 5.91 Å². The first-order valence-electron chi connectivity index (χ1n) is 3.31. The zero-order valence-corrected chi connectivity index (χ0v) is 6.00. The molecule has 1 heterocycles. The van der Waals surface area contributed by atoms with Crippen molar-refractivity contribution in [1.29, 1.82) is 0 Å². The molecule has 1 rings (SSSR count). The Morgan fingerprint density at radius 2 is 2.60 bits per heavy atom. The largest absolute Gasteiger partial charge is 0.387 e. The third kappa shape index (κ3) is 1.36.